The lowest BCUT2D eigenvalue weighted by Crippen LogP contribution is -2.53. The number of aryl methyl sites for hydroxylation is 1. The minimum atomic E-state index is -1.95. The van der Waals surface area contributed by atoms with E-state index in [0.29, 0.717) is 34.6 Å². The van der Waals surface area contributed by atoms with Crippen molar-refractivity contribution < 1.29 is 57.7 Å². The first kappa shape index (κ1) is 56.5. The number of amides is 7. The van der Waals surface area contributed by atoms with Crippen LogP contribution in [0.1, 0.15) is 93.2 Å². The number of nitrogens with two attached hydrogens (primary N) is 1. The van der Waals surface area contributed by atoms with Crippen LogP contribution < -0.4 is 37.3 Å². The number of carbonyl (C=O) groups excluding carboxylic acids is 8. The number of cyclic esters (lactones) is 1. The predicted octanol–water partition coefficient (Wildman–Crippen LogP) is 4.70. The van der Waals surface area contributed by atoms with E-state index in [1.807, 2.05) is 13.0 Å². The van der Waals surface area contributed by atoms with Gasteiger partial charge in [-0.05, 0) is 78.8 Å². The van der Waals surface area contributed by atoms with Crippen LogP contribution in [0.4, 0.5) is 20.1 Å². The monoisotopic (exact) mass is 1080 g/mol. The van der Waals surface area contributed by atoms with Crippen molar-refractivity contribution in [2.45, 2.75) is 110 Å². The minimum Gasteiger partial charge on any atom is -0.458 e. The van der Waals surface area contributed by atoms with Crippen LogP contribution in [0.5, 0.6) is 5.75 Å². The zero-order valence-electron chi connectivity index (χ0n) is 44.6. The lowest BCUT2D eigenvalue weighted by molar-refractivity contribution is -0.172. The van der Waals surface area contributed by atoms with E-state index in [4.69, 9.17) is 24.9 Å². The summed E-state index contributed by atoms with van der Waals surface area (Å²) in [6.07, 6.45) is -0.198. The van der Waals surface area contributed by atoms with Crippen molar-refractivity contribution in [1.82, 2.24) is 35.3 Å². The summed E-state index contributed by atoms with van der Waals surface area (Å²) in [6, 6.07) is 19.4. The van der Waals surface area contributed by atoms with Gasteiger partial charge in [0.1, 0.15) is 36.8 Å². The molecule has 0 unspecified atom stereocenters. The van der Waals surface area contributed by atoms with E-state index in [1.165, 1.54) is 9.80 Å². The van der Waals surface area contributed by atoms with Gasteiger partial charge in [-0.3, -0.25) is 24.0 Å². The molecule has 8 rings (SSSR count). The van der Waals surface area contributed by atoms with Crippen LogP contribution in [0.15, 0.2) is 83.7 Å². The normalized spacial score (nSPS) is 16.2. The number of aliphatic hydroxyl groups is 1. The van der Waals surface area contributed by atoms with Crippen LogP contribution >= 0.6 is 0 Å². The van der Waals surface area contributed by atoms with Crippen molar-refractivity contribution in [1.29, 1.82) is 0 Å². The van der Waals surface area contributed by atoms with E-state index in [-0.39, 0.29) is 125 Å². The molecule has 3 aliphatic rings. The molecule has 3 atom stereocenters. The lowest BCUT2D eigenvalue weighted by Gasteiger charge is -2.33. The summed E-state index contributed by atoms with van der Waals surface area (Å²) in [7, 11) is 0. The van der Waals surface area contributed by atoms with Gasteiger partial charge in [0.15, 0.2) is 5.60 Å². The molecule has 3 aliphatic heterocycles. The standard InChI is InChI=1S/C57H65N9O13/c1-5-38-39-28-37(18-19-43(39)62-49-40(38)30-66-46(49)29-42-41(52(66)71)32-77-53(72)57(42,76)6-2)79-56(75)65-25-23-64(24-26-65)55(74)78-31-35-14-16-36(17-15-35)60-50(69)44(13-10-22-59-54(58)73)63-51(70)45(27-34-11-8-7-9-12-34)61-48(68)21-20-47(67)33(3)4/h7-9,11-12,14-19,28-29,33,44-45,76H,5-6,10,13,20-27,30-32H2,1-4H3,(H,60,69)(H,61,68)(H,63,70)(H3,58,59,73)/t44-,45-,57-/m0/s1. The number of primary amides is 1. The Morgan fingerprint density at radius 3 is 2.20 bits per heavy atom. The van der Waals surface area contributed by atoms with Crippen LogP contribution in [-0.2, 0) is 71.6 Å². The number of hydrogen-bond acceptors (Lipinski definition) is 14. The highest BCUT2D eigenvalue weighted by Gasteiger charge is 2.45. The average molecular weight is 1080 g/mol. The lowest BCUT2D eigenvalue weighted by atomic mass is 9.86. The van der Waals surface area contributed by atoms with E-state index in [2.05, 4.69) is 21.3 Å². The summed E-state index contributed by atoms with van der Waals surface area (Å²) in [5.41, 5.74) is 8.54. The number of piperazine rings is 1. The zero-order valence-corrected chi connectivity index (χ0v) is 44.6. The van der Waals surface area contributed by atoms with Crippen molar-refractivity contribution in [2.75, 3.05) is 38.0 Å². The smallest absolute Gasteiger partial charge is 0.415 e. The van der Waals surface area contributed by atoms with Crippen LogP contribution in [0.3, 0.4) is 0 Å². The van der Waals surface area contributed by atoms with Gasteiger partial charge in [0.05, 0.1) is 29.0 Å². The Morgan fingerprint density at radius 2 is 1.53 bits per heavy atom. The fourth-order valence-electron chi connectivity index (χ4n) is 9.91. The molecule has 22 heteroatoms. The molecule has 79 heavy (non-hydrogen) atoms. The fraction of sp³-hybridized carbons (Fsp3) is 0.404. The maximum atomic E-state index is 13.8. The Morgan fingerprint density at radius 1 is 0.823 bits per heavy atom. The zero-order chi connectivity index (χ0) is 56.5. The first-order valence-corrected chi connectivity index (χ1v) is 26.5. The number of ether oxygens (including phenoxy) is 3. The number of fused-ring (bicyclic) bond motifs is 5. The number of benzene rings is 3. The number of pyridine rings is 2. The molecule has 7 N–H and O–H groups in total. The van der Waals surface area contributed by atoms with Gasteiger partial charge in [0.25, 0.3) is 5.56 Å². The average Bonchev–Trinajstić information content (AvgIpc) is 3.92. The molecular weight excluding hydrogens is 1020 g/mol. The van der Waals surface area contributed by atoms with Crippen molar-refractivity contribution in [3.63, 3.8) is 0 Å². The second-order valence-electron chi connectivity index (χ2n) is 20.1. The predicted molar refractivity (Wildman–Crippen MR) is 288 cm³/mol. The summed E-state index contributed by atoms with van der Waals surface area (Å²) in [5.74, 6) is -2.52. The highest BCUT2D eigenvalue weighted by molar-refractivity contribution is 5.99. The first-order valence-electron chi connectivity index (χ1n) is 26.5. The molecule has 0 aliphatic carbocycles. The molecule has 5 heterocycles. The molecule has 1 fully saturated rings. The molecule has 0 radical (unpaired) electrons. The number of carbonyl (C=O) groups is 8. The maximum absolute atomic E-state index is 13.8. The second-order valence-corrected chi connectivity index (χ2v) is 20.1. The largest absolute Gasteiger partial charge is 0.458 e. The van der Waals surface area contributed by atoms with Crippen molar-refractivity contribution >= 4 is 64.3 Å². The summed E-state index contributed by atoms with van der Waals surface area (Å²) in [4.78, 5) is 125. The number of esters is 1. The number of Topliss-reactive ketones (excluding diaryl/α,β-unsaturated/α-hetero) is 1. The molecule has 22 nitrogen and oxygen atoms in total. The van der Waals surface area contributed by atoms with Crippen LogP contribution in [-0.4, -0.2) is 117 Å². The molecule has 416 valence electrons. The number of aromatic nitrogens is 2. The van der Waals surface area contributed by atoms with Crippen LogP contribution in [0.2, 0.25) is 0 Å². The van der Waals surface area contributed by atoms with E-state index in [0.717, 1.165) is 22.1 Å². The maximum Gasteiger partial charge on any atom is 0.415 e. The highest BCUT2D eigenvalue weighted by Crippen LogP contribution is 2.41. The number of rotatable bonds is 20. The van der Waals surface area contributed by atoms with Crippen molar-refractivity contribution in [3.8, 4) is 17.1 Å². The van der Waals surface area contributed by atoms with E-state index in [9.17, 15) is 48.3 Å². The van der Waals surface area contributed by atoms with Gasteiger partial charge < -0.3 is 60.7 Å². The molecule has 0 saturated carbocycles. The third kappa shape index (κ3) is 13.0. The first-order chi connectivity index (χ1) is 37.9. The molecule has 0 bridgehead atoms. The van der Waals surface area contributed by atoms with Gasteiger partial charge in [-0.2, -0.15) is 0 Å². The Labute approximate surface area is 455 Å². The van der Waals surface area contributed by atoms with Gasteiger partial charge in [-0.1, -0.05) is 70.2 Å². The molecule has 2 aromatic heterocycles. The SMILES string of the molecule is CCc1c2c(nc3ccc(OC(=O)N4CCN(C(=O)OCc5ccc(NC(=O)[C@H](CCCNC(N)=O)NC(=O)[C@H](Cc6ccccc6)NC(=O)CCC(=O)C(C)C)cc5)CC4)cc13)-c1cc3c(c(=O)n1C2)COC(=O)[C@]3(O)CC. The van der Waals surface area contributed by atoms with Gasteiger partial charge in [-0.15, -0.1) is 0 Å². The molecule has 3 aromatic carbocycles. The number of anilines is 1. The quantitative estimate of drug-likeness (QED) is 0.0446. The van der Waals surface area contributed by atoms with Crippen molar-refractivity contribution in [2.24, 2.45) is 11.7 Å². The number of ketones is 1. The molecular formula is C57H65N9O13. The number of nitrogens with zero attached hydrogens (tertiary/aromatic N) is 4. The van der Waals surface area contributed by atoms with E-state index in [1.54, 1.807) is 98.1 Å². The van der Waals surface area contributed by atoms with E-state index < -0.39 is 59.6 Å². The topological polar surface area (TPSA) is 300 Å². The Bertz CT molecular complexity index is 3230. The van der Waals surface area contributed by atoms with Gasteiger partial charge in [-0.25, -0.2) is 24.2 Å². The Balaban J connectivity index is 0.836. The fourth-order valence-corrected chi connectivity index (χ4v) is 9.91. The third-order valence-corrected chi connectivity index (χ3v) is 14.5. The van der Waals surface area contributed by atoms with Gasteiger partial charge in [0.2, 0.25) is 17.7 Å². The summed E-state index contributed by atoms with van der Waals surface area (Å²) in [5, 5.41) is 22.8. The number of urea groups is 1. The van der Waals surface area contributed by atoms with Crippen molar-refractivity contribution in [3.05, 3.63) is 123 Å². The van der Waals surface area contributed by atoms with Crippen LogP contribution in [0, 0.1) is 5.92 Å². The number of hydrogen-bond donors (Lipinski definition) is 6. The summed E-state index contributed by atoms with van der Waals surface area (Å²) >= 11 is 0. The Kier molecular flexibility index (Phi) is 17.7. The Hall–Kier alpha value is -8.66. The second kappa shape index (κ2) is 24.8. The van der Waals surface area contributed by atoms with Gasteiger partial charge in [0, 0.05) is 80.1 Å². The van der Waals surface area contributed by atoms with E-state index >= 15 is 0 Å². The molecule has 0 spiro atoms. The third-order valence-electron chi connectivity index (χ3n) is 14.5. The van der Waals surface area contributed by atoms with Gasteiger partial charge >= 0.3 is 24.2 Å². The molecule has 1 saturated heterocycles. The number of nitrogens with one attached hydrogen (secondary N) is 4. The van der Waals surface area contributed by atoms with Crippen LogP contribution in [0.25, 0.3) is 22.3 Å². The summed E-state index contributed by atoms with van der Waals surface area (Å²) in [6.45, 7) is 7.88. The summed E-state index contributed by atoms with van der Waals surface area (Å²) < 4.78 is 18.2. The molecule has 7 amide bonds. The highest BCUT2D eigenvalue weighted by atomic mass is 16.6. The minimum absolute atomic E-state index is 0.0168. The molecule has 5 aromatic rings.